The minimum Gasteiger partial charge on any atom is -0.308 e. The maximum Gasteiger partial charge on any atom is 0.0237 e. The van der Waals surface area contributed by atoms with Crippen molar-refractivity contribution in [1.29, 1.82) is 0 Å². The van der Waals surface area contributed by atoms with Gasteiger partial charge in [0.15, 0.2) is 0 Å². The SMILES string of the molecule is CC.CC.CCc1cccc(CN(CCN(C)C)Cc2ccccc2)c1.Cc1ccccc1. The van der Waals surface area contributed by atoms with Crippen molar-refractivity contribution in [2.75, 3.05) is 27.2 Å². The third-order valence-corrected chi connectivity index (χ3v) is 4.86. The molecule has 0 fully saturated rings. The van der Waals surface area contributed by atoms with E-state index in [-0.39, 0.29) is 0 Å². The lowest BCUT2D eigenvalue weighted by atomic mass is 10.1. The van der Waals surface area contributed by atoms with Crippen molar-refractivity contribution in [2.45, 2.75) is 61.1 Å². The lowest BCUT2D eigenvalue weighted by Gasteiger charge is -2.24. The van der Waals surface area contributed by atoms with E-state index in [0.29, 0.717) is 0 Å². The van der Waals surface area contributed by atoms with E-state index in [1.807, 2.05) is 45.9 Å². The highest BCUT2D eigenvalue weighted by atomic mass is 15.2. The molecule has 0 radical (unpaired) electrons. The van der Waals surface area contributed by atoms with Crippen LogP contribution in [0.25, 0.3) is 0 Å². The number of rotatable bonds is 8. The molecule has 0 unspecified atom stereocenters. The molecule has 3 aromatic rings. The van der Waals surface area contributed by atoms with Crippen molar-refractivity contribution < 1.29 is 0 Å². The summed E-state index contributed by atoms with van der Waals surface area (Å²) in [5, 5.41) is 0. The summed E-state index contributed by atoms with van der Waals surface area (Å²) in [6, 6.07) is 30.0. The van der Waals surface area contributed by atoms with Gasteiger partial charge in [-0.05, 0) is 44.1 Å². The molecule has 0 bridgehead atoms. The zero-order valence-corrected chi connectivity index (χ0v) is 22.5. The zero-order valence-electron chi connectivity index (χ0n) is 22.5. The molecule has 0 aliphatic heterocycles. The fourth-order valence-corrected chi connectivity index (χ4v) is 3.14. The standard InChI is InChI=1S/C20H28N2.C7H8.2C2H6/c1-4-18-11-8-12-20(15-18)17-22(14-13-21(2)3)16-19-9-6-5-7-10-19;1-7-5-3-2-4-6-7;2*1-2/h5-12,15H,4,13-14,16-17H2,1-3H3;2-6H,1H3;2*1-2H3. The quantitative estimate of drug-likeness (QED) is 0.346. The van der Waals surface area contributed by atoms with Crippen molar-refractivity contribution in [1.82, 2.24) is 9.80 Å². The number of aryl methyl sites for hydroxylation is 2. The van der Waals surface area contributed by atoms with Gasteiger partial charge in [0, 0.05) is 26.2 Å². The summed E-state index contributed by atoms with van der Waals surface area (Å²) in [5.74, 6) is 0. The summed E-state index contributed by atoms with van der Waals surface area (Å²) >= 11 is 0. The predicted molar refractivity (Wildman–Crippen MR) is 149 cm³/mol. The topological polar surface area (TPSA) is 6.48 Å². The van der Waals surface area contributed by atoms with E-state index < -0.39 is 0 Å². The molecule has 0 aromatic heterocycles. The van der Waals surface area contributed by atoms with Crippen molar-refractivity contribution in [3.8, 4) is 0 Å². The Balaban J connectivity index is 0.000000776. The van der Waals surface area contributed by atoms with Crippen LogP contribution in [0.4, 0.5) is 0 Å². The van der Waals surface area contributed by atoms with Gasteiger partial charge in [-0.3, -0.25) is 4.90 Å². The first-order valence-electron chi connectivity index (χ1n) is 12.6. The van der Waals surface area contributed by atoms with Gasteiger partial charge in [-0.2, -0.15) is 0 Å². The van der Waals surface area contributed by atoms with E-state index in [9.17, 15) is 0 Å². The summed E-state index contributed by atoms with van der Waals surface area (Å²) in [4.78, 5) is 4.78. The highest BCUT2D eigenvalue weighted by Gasteiger charge is 2.08. The van der Waals surface area contributed by atoms with E-state index in [1.54, 1.807) is 0 Å². The molecule has 0 atom stereocenters. The van der Waals surface area contributed by atoms with Crippen LogP contribution in [0.2, 0.25) is 0 Å². The van der Waals surface area contributed by atoms with Gasteiger partial charge in [0.05, 0.1) is 0 Å². The third kappa shape index (κ3) is 15.1. The average molecular weight is 449 g/mol. The summed E-state index contributed by atoms with van der Waals surface area (Å²) < 4.78 is 0. The molecular formula is C31H48N2. The first-order chi connectivity index (χ1) is 16.1. The molecular weight excluding hydrogens is 400 g/mol. The van der Waals surface area contributed by atoms with Gasteiger partial charge in [0.2, 0.25) is 0 Å². The van der Waals surface area contributed by atoms with Gasteiger partial charge in [-0.15, -0.1) is 0 Å². The van der Waals surface area contributed by atoms with E-state index in [4.69, 9.17) is 0 Å². The van der Waals surface area contributed by atoms with Gasteiger partial charge in [-0.1, -0.05) is 125 Å². The van der Waals surface area contributed by atoms with Crippen molar-refractivity contribution in [3.05, 3.63) is 107 Å². The largest absolute Gasteiger partial charge is 0.308 e. The lowest BCUT2D eigenvalue weighted by Crippen LogP contribution is -2.31. The van der Waals surface area contributed by atoms with E-state index in [1.165, 1.54) is 22.3 Å². The molecule has 0 heterocycles. The van der Waals surface area contributed by atoms with Crippen LogP contribution in [-0.2, 0) is 19.5 Å². The van der Waals surface area contributed by atoms with Crippen LogP contribution in [0.5, 0.6) is 0 Å². The fraction of sp³-hybridized carbons (Fsp3) is 0.419. The molecule has 33 heavy (non-hydrogen) atoms. The Morgan fingerprint density at radius 3 is 1.55 bits per heavy atom. The van der Waals surface area contributed by atoms with Crippen molar-refractivity contribution in [2.24, 2.45) is 0 Å². The Labute approximate surface area is 205 Å². The molecule has 182 valence electrons. The van der Waals surface area contributed by atoms with Crippen LogP contribution in [0.15, 0.2) is 84.9 Å². The second kappa shape index (κ2) is 20.2. The zero-order chi connectivity index (χ0) is 24.9. The highest BCUT2D eigenvalue weighted by molar-refractivity contribution is 5.23. The van der Waals surface area contributed by atoms with Crippen LogP contribution in [-0.4, -0.2) is 37.0 Å². The van der Waals surface area contributed by atoms with Crippen LogP contribution in [0.3, 0.4) is 0 Å². The molecule has 0 saturated heterocycles. The van der Waals surface area contributed by atoms with Gasteiger partial charge in [-0.25, -0.2) is 0 Å². The first-order valence-corrected chi connectivity index (χ1v) is 12.6. The van der Waals surface area contributed by atoms with E-state index in [2.05, 4.69) is 104 Å². The van der Waals surface area contributed by atoms with Gasteiger partial charge in [0.1, 0.15) is 0 Å². The van der Waals surface area contributed by atoms with Crippen LogP contribution >= 0.6 is 0 Å². The molecule has 2 heteroatoms. The maximum atomic E-state index is 2.53. The van der Waals surface area contributed by atoms with Crippen molar-refractivity contribution in [3.63, 3.8) is 0 Å². The number of benzene rings is 3. The average Bonchev–Trinajstić information content (AvgIpc) is 2.86. The molecule has 0 aliphatic rings. The monoisotopic (exact) mass is 448 g/mol. The summed E-state index contributed by atoms with van der Waals surface area (Å²) in [7, 11) is 4.27. The van der Waals surface area contributed by atoms with Crippen LogP contribution in [0.1, 0.15) is 56.9 Å². The van der Waals surface area contributed by atoms with Crippen LogP contribution in [0, 0.1) is 6.92 Å². The van der Waals surface area contributed by atoms with Crippen LogP contribution < -0.4 is 0 Å². The predicted octanol–water partition coefficient (Wildman–Crippen LogP) is 7.86. The Bertz CT molecular complexity index is 797. The molecule has 3 aromatic carbocycles. The normalized spacial score (nSPS) is 9.76. The van der Waals surface area contributed by atoms with E-state index in [0.717, 1.165) is 32.6 Å². The lowest BCUT2D eigenvalue weighted by molar-refractivity contribution is 0.226. The molecule has 0 amide bonds. The molecule has 0 saturated carbocycles. The summed E-state index contributed by atoms with van der Waals surface area (Å²) in [6.07, 6.45) is 1.10. The van der Waals surface area contributed by atoms with E-state index >= 15 is 0 Å². The van der Waals surface area contributed by atoms with Gasteiger partial charge < -0.3 is 4.90 Å². The Kier molecular flexibility index (Phi) is 18.7. The Hall–Kier alpha value is -2.42. The second-order valence-corrected chi connectivity index (χ2v) is 7.83. The number of nitrogens with zero attached hydrogens (tertiary/aromatic N) is 2. The van der Waals surface area contributed by atoms with Gasteiger partial charge in [0.25, 0.3) is 0 Å². The van der Waals surface area contributed by atoms with Gasteiger partial charge >= 0.3 is 0 Å². The fourth-order valence-electron chi connectivity index (χ4n) is 3.14. The molecule has 0 spiro atoms. The molecule has 2 nitrogen and oxygen atoms in total. The highest BCUT2D eigenvalue weighted by Crippen LogP contribution is 2.12. The number of hydrogen-bond donors (Lipinski definition) is 0. The second-order valence-electron chi connectivity index (χ2n) is 7.83. The number of likely N-dealkylation sites (N-methyl/N-ethyl adjacent to an activating group) is 1. The summed E-state index contributed by atoms with van der Waals surface area (Å²) in [5.41, 5.74) is 5.54. The third-order valence-electron chi connectivity index (χ3n) is 4.86. The van der Waals surface area contributed by atoms with Crippen molar-refractivity contribution >= 4 is 0 Å². The smallest absolute Gasteiger partial charge is 0.0237 e. The maximum absolute atomic E-state index is 2.53. The minimum absolute atomic E-state index is 1.00. The first kappa shape index (κ1) is 30.6. The summed E-state index contributed by atoms with van der Waals surface area (Å²) in [6.45, 7) is 16.5. The minimum atomic E-state index is 1.00. The molecule has 0 N–H and O–H groups in total. The Morgan fingerprint density at radius 1 is 0.576 bits per heavy atom. The Morgan fingerprint density at radius 2 is 1.06 bits per heavy atom. The molecule has 3 rings (SSSR count). The number of hydrogen-bond acceptors (Lipinski definition) is 2. The molecule has 0 aliphatic carbocycles.